The molecule has 0 aliphatic heterocycles. The van der Waals surface area contributed by atoms with Crippen molar-refractivity contribution in [2.75, 3.05) is 13.1 Å². The summed E-state index contributed by atoms with van der Waals surface area (Å²) in [6, 6.07) is 7.95. The van der Waals surface area contributed by atoms with Crippen molar-refractivity contribution < 1.29 is 0 Å². The van der Waals surface area contributed by atoms with E-state index < -0.39 is 0 Å². The lowest BCUT2D eigenvalue weighted by Gasteiger charge is -2.22. The average Bonchev–Trinajstić information content (AvgIpc) is 2.62. The molecule has 0 heterocycles. The molecule has 1 rings (SSSR count). The first-order chi connectivity index (χ1) is 13.7. The van der Waals surface area contributed by atoms with Gasteiger partial charge in [0, 0.05) is 19.6 Å². The van der Waals surface area contributed by atoms with E-state index in [1.807, 2.05) is 31.2 Å². The molecular weight excluding hydrogens is 364 g/mol. The maximum atomic E-state index is 8.87. The second-order valence-electron chi connectivity index (χ2n) is 10.5. The molecule has 0 saturated carbocycles. The molecule has 0 aromatic heterocycles. The van der Waals surface area contributed by atoms with E-state index in [9.17, 15) is 0 Å². The van der Waals surface area contributed by atoms with Crippen molar-refractivity contribution >= 4 is 0 Å². The molecule has 0 amide bonds. The molecule has 2 nitrogen and oxygen atoms in total. The Labute approximate surface area is 188 Å². The molecule has 0 spiro atoms. The van der Waals surface area contributed by atoms with Crippen molar-refractivity contribution in [2.24, 2.45) is 10.8 Å². The molecule has 0 bridgehead atoms. The van der Waals surface area contributed by atoms with Gasteiger partial charge in [-0.05, 0) is 46.6 Å². The maximum absolute atomic E-state index is 8.87. The molecule has 0 fully saturated rings. The molecule has 2 heteroatoms. The van der Waals surface area contributed by atoms with Crippen LogP contribution in [-0.2, 0) is 6.54 Å². The quantitative estimate of drug-likeness (QED) is 0.335. The van der Waals surface area contributed by atoms with Crippen LogP contribution < -0.4 is 0 Å². The minimum atomic E-state index is 0.500. The van der Waals surface area contributed by atoms with Gasteiger partial charge in [0.1, 0.15) is 0 Å². The van der Waals surface area contributed by atoms with Gasteiger partial charge in [0.25, 0.3) is 0 Å². The topological polar surface area (TPSA) is 27.0 Å². The van der Waals surface area contributed by atoms with Crippen LogP contribution >= 0.6 is 0 Å². The van der Waals surface area contributed by atoms with Gasteiger partial charge in [-0.2, -0.15) is 5.26 Å². The summed E-state index contributed by atoms with van der Waals surface area (Å²) in [7, 11) is 0. The highest BCUT2D eigenvalue weighted by Crippen LogP contribution is 2.16. The summed E-state index contributed by atoms with van der Waals surface area (Å²) in [4.78, 5) is 2.24. The van der Waals surface area contributed by atoms with E-state index in [0.29, 0.717) is 16.4 Å². The fourth-order valence-electron chi connectivity index (χ4n) is 1.90. The van der Waals surface area contributed by atoms with Crippen LogP contribution in [0, 0.1) is 29.1 Å². The molecule has 30 heavy (non-hydrogen) atoms. The third-order valence-corrected chi connectivity index (χ3v) is 4.03. The van der Waals surface area contributed by atoms with Crippen LogP contribution in [0.2, 0.25) is 0 Å². The number of aryl methyl sites for hydroxylation is 1. The Morgan fingerprint density at radius 2 is 1.60 bits per heavy atom. The van der Waals surface area contributed by atoms with Crippen LogP contribution in [0.25, 0.3) is 0 Å². The van der Waals surface area contributed by atoms with Gasteiger partial charge >= 0.3 is 0 Å². The number of hydrogen-bond acceptors (Lipinski definition) is 2. The monoisotopic (exact) mass is 410 g/mol. The Kier molecular flexibility index (Phi) is 14.8. The van der Waals surface area contributed by atoms with Crippen molar-refractivity contribution in [2.45, 2.75) is 75.3 Å². The third kappa shape index (κ3) is 19.2. The minimum absolute atomic E-state index is 0.500. The zero-order valence-electron chi connectivity index (χ0n) is 21.2. The summed E-state index contributed by atoms with van der Waals surface area (Å²) in [5, 5.41) is 8.87. The van der Waals surface area contributed by atoms with E-state index in [1.165, 1.54) is 12.0 Å². The fourth-order valence-corrected chi connectivity index (χ4v) is 1.90. The number of rotatable bonds is 7. The van der Waals surface area contributed by atoms with Gasteiger partial charge in [-0.3, -0.25) is 4.90 Å². The molecule has 0 unspecified atom stereocenters. The summed E-state index contributed by atoms with van der Waals surface area (Å²) in [6.45, 7) is 33.6. The highest BCUT2D eigenvalue weighted by Gasteiger charge is 2.07. The maximum Gasteiger partial charge on any atom is 0.0991 e. The highest BCUT2D eigenvalue weighted by molar-refractivity contribution is 5.37. The fraction of sp³-hybridized carbons (Fsp3) is 0.536. The van der Waals surface area contributed by atoms with E-state index in [1.54, 1.807) is 6.08 Å². The lowest BCUT2D eigenvalue weighted by molar-refractivity contribution is 0.322. The van der Waals surface area contributed by atoms with E-state index in [2.05, 4.69) is 86.1 Å². The third-order valence-electron chi connectivity index (χ3n) is 4.03. The predicted octanol–water partition coefficient (Wildman–Crippen LogP) is 8.09. The van der Waals surface area contributed by atoms with E-state index in [4.69, 9.17) is 5.26 Å². The molecule has 0 radical (unpaired) electrons. The first-order valence-electron chi connectivity index (χ1n) is 10.8. The highest BCUT2D eigenvalue weighted by atomic mass is 15.1. The predicted molar refractivity (Wildman–Crippen MR) is 136 cm³/mol. The summed E-state index contributed by atoms with van der Waals surface area (Å²) in [6.07, 6.45) is 4.93. The molecule has 0 aliphatic carbocycles. The normalized spacial score (nSPS) is 10.7. The van der Waals surface area contributed by atoms with Gasteiger partial charge in [0.2, 0.25) is 0 Å². The van der Waals surface area contributed by atoms with Gasteiger partial charge in [0.05, 0.1) is 11.6 Å². The molecule has 0 N–H and O–H groups in total. The van der Waals surface area contributed by atoms with Gasteiger partial charge in [-0.1, -0.05) is 93.2 Å². The summed E-state index contributed by atoms with van der Waals surface area (Å²) in [5.41, 5.74) is 5.09. The second-order valence-corrected chi connectivity index (χ2v) is 10.5. The molecular formula is C28H46N2. The van der Waals surface area contributed by atoms with E-state index >= 15 is 0 Å². The molecule has 0 aliphatic rings. The lowest BCUT2D eigenvalue weighted by atomic mass is 9.94. The summed E-state index contributed by atoms with van der Waals surface area (Å²) >= 11 is 0. The minimum Gasteiger partial charge on any atom is -0.291 e. The second kappa shape index (κ2) is 14.8. The molecule has 1 aromatic carbocycles. The molecule has 0 atom stereocenters. The Bertz CT molecular complexity index is 685. The Morgan fingerprint density at radius 1 is 1.10 bits per heavy atom. The first kappa shape index (κ1) is 30.1. The number of hydrogen-bond donors (Lipinski definition) is 0. The standard InChI is InChI=1S/C17H20N2.C6H14.C5H12/c1-5-9-19(12-14(3)6-2)13-17-8-7-16(11-18)10-15(17)4;1-5-6(2,3)4;1-5(2,3)4/h5-8,10H,1-3,9,12-13H2,4H3;5H2,1-4H3;1-4H3. The van der Waals surface area contributed by atoms with Crippen LogP contribution in [0.1, 0.15) is 78.5 Å². The smallest absolute Gasteiger partial charge is 0.0991 e. The van der Waals surface area contributed by atoms with E-state index in [-0.39, 0.29) is 0 Å². The zero-order valence-corrected chi connectivity index (χ0v) is 21.2. The molecule has 1 aromatic rings. The van der Waals surface area contributed by atoms with Crippen molar-refractivity contribution in [3.8, 4) is 6.07 Å². The van der Waals surface area contributed by atoms with Crippen LogP contribution in [0.4, 0.5) is 0 Å². The van der Waals surface area contributed by atoms with Crippen molar-refractivity contribution in [1.82, 2.24) is 4.90 Å². The average molecular weight is 411 g/mol. The number of nitriles is 1. The van der Waals surface area contributed by atoms with Crippen LogP contribution in [0.3, 0.4) is 0 Å². The largest absolute Gasteiger partial charge is 0.291 e. The van der Waals surface area contributed by atoms with Crippen molar-refractivity contribution in [3.63, 3.8) is 0 Å². The van der Waals surface area contributed by atoms with Crippen LogP contribution in [0.15, 0.2) is 55.7 Å². The Morgan fingerprint density at radius 3 is 1.93 bits per heavy atom. The number of nitrogens with zero attached hydrogens (tertiary/aromatic N) is 2. The van der Waals surface area contributed by atoms with Gasteiger partial charge in [-0.15, -0.1) is 6.58 Å². The Hall–Kier alpha value is -2.11. The first-order valence-corrected chi connectivity index (χ1v) is 10.8. The van der Waals surface area contributed by atoms with Crippen molar-refractivity contribution in [1.29, 1.82) is 5.26 Å². The molecule has 0 saturated heterocycles. The van der Waals surface area contributed by atoms with Gasteiger partial charge in [0.15, 0.2) is 0 Å². The van der Waals surface area contributed by atoms with Gasteiger partial charge in [-0.25, -0.2) is 0 Å². The zero-order chi connectivity index (χ0) is 24.0. The summed E-state index contributed by atoms with van der Waals surface area (Å²) in [5.74, 6) is 0. The summed E-state index contributed by atoms with van der Waals surface area (Å²) < 4.78 is 0. The van der Waals surface area contributed by atoms with Crippen molar-refractivity contribution in [3.05, 3.63) is 72.4 Å². The van der Waals surface area contributed by atoms with Gasteiger partial charge < -0.3 is 0 Å². The number of benzene rings is 1. The van der Waals surface area contributed by atoms with E-state index in [0.717, 1.165) is 30.8 Å². The Balaban J connectivity index is 0. The van der Waals surface area contributed by atoms with Crippen LogP contribution in [-0.4, -0.2) is 18.0 Å². The molecule has 168 valence electrons. The SMILES string of the molecule is C=CCN(CC(=C)C=C)Cc1ccc(C#N)cc1C.CC(C)(C)C.CCC(C)(C)C. The van der Waals surface area contributed by atoms with Crippen LogP contribution in [0.5, 0.6) is 0 Å². The lowest BCUT2D eigenvalue weighted by Crippen LogP contribution is -2.25.